The Morgan fingerprint density at radius 3 is 2.83 bits per heavy atom. The van der Waals surface area contributed by atoms with Gasteiger partial charge in [0.1, 0.15) is 0 Å². The highest BCUT2D eigenvalue weighted by Crippen LogP contribution is 2.31. The number of anilines is 1. The Morgan fingerprint density at radius 2 is 2.22 bits per heavy atom. The number of rotatable bonds is 4. The summed E-state index contributed by atoms with van der Waals surface area (Å²) in [4.78, 5) is 9.19. The van der Waals surface area contributed by atoms with Gasteiger partial charge in [-0.25, -0.2) is 9.97 Å². The highest BCUT2D eigenvalue weighted by molar-refractivity contribution is 5.52. The summed E-state index contributed by atoms with van der Waals surface area (Å²) in [5, 5.41) is 3.24. The molecule has 0 saturated heterocycles. The summed E-state index contributed by atoms with van der Waals surface area (Å²) in [5.41, 5.74) is 11.9. The molecule has 0 aromatic carbocycles. The predicted molar refractivity (Wildman–Crippen MR) is 59.1 cm³/mol. The van der Waals surface area contributed by atoms with Crippen molar-refractivity contribution in [2.45, 2.75) is 12.6 Å². The van der Waals surface area contributed by atoms with Crippen molar-refractivity contribution in [3.63, 3.8) is 0 Å². The molecule has 0 aliphatic rings. The van der Waals surface area contributed by atoms with E-state index in [1.807, 2.05) is 0 Å². The number of aromatic nitrogens is 2. The molecule has 0 amide bonds. The first kappa shape index (κ1) is 13.8. The van der Waals surface area contributed by atoms with Crippen molar-refractivity contribution in [1.82, 2.24) is 9.97 Å². The van der Waals surface area contributed by atoms with Gasteiger partial charge in [-0.1, -0.05) is 17.3 Å². The lowest BCUT2D eigenvalue weighted by Crippen LogP contribution is -2.12. The number of nitrogen functional groups attached to an aromatic ring is 1. The van der Waals surface area contributed by atoms with Gasteiger partial charge in [-0.15, -0.1) is 0 Å². The van der Waals surface area contributed by atoms with E-state index >= 15 is 0 Å². The molecule has 6 nitrogen and oxygen atoms in total. The quantitative estimate of drug-likeness (QED) is 0.389. The monoisotopic (exact) mass is 258 g/mol. The van der Waals surface area contributed by atoms with E-state index < -0.39 is 17.8 Å². The van der Waals surface area contributed by atoms with Crippen LogP contribution in [0.3, 0.4) is 0 Å². The van der Waals surface area contributed by atoms with Gasteiger partial charge in [-0.3, -0.25) is 0 Å². The molecule has 0 aliphatic heterocycles. The van der Waals surface area contributed by atoms with Crippen LogP contribution in [0.1, 0.15) is 17.7 Å². The van der Waals surface area contributed by atoms with E-state index in [4.69, 9.17) is 11.3 Å². The van der Waals surface area contributed by atoms with Crippen LogP contribution < -0.4 is 5.73 Å². The summed E-state index contributed by atoms with van der Waals surface area (Å²) in [6.45, 7) is 0.171. The maximum absolute atomic E-state index is 12.6. The fourth-order valence-electron chi connectivity index (χ4n) is 1.14. The molecule has 1 aromatic heterocycles. The minimum absolute atomic E-state index is 0.171. The van der Waals surface area contributed by atoms with Crippen LogP contribution in [0.4, 0.5) is 19.1 Å². The van der Waals surface area contributed by atoms with Crippen LogP contribution in [0.5, 0.6) is 0 Å². The Kier molecular flexibility index (Phi) is 4.50. The van der Waals surface area contributed by atoms with E-state index in [1.54, 1.807) is 0 Å². The highest BCUT2D eigenvalue weighted by atomic mass is 19.4. The predicted octanol–water partition coefficient (Wildman–Crippen LogP) is 2.79. The number of nitrogens with zero attached hydrogens (tertiary/aromatic N) is 5. The van der Waals surface area contributed by atoms with Gasteiger partial charge < -0.3 is 5.73 Å². The lowest BCUT2D eigenvalue weighted by atomic mass is 10.2. The standard InChI is InChI=1S/C9H9F3N6/c10-9(11,12)7-6(5-15-8(13)17-7)3-1-2-4-16-18-14/h1,3,5H,2,4H2,(H2,13,15,17). The second-order valence-corrected chi connectivity index (χ2v) is 3.18. The first-order valence-electron chi connectivity index (χ1n) is 4.82. The van der Waals surface area contributed by atoms with E-state index in [2.05, 4.69) is 20.0 Å². The zero-order valence-electron chi connectivity index (χ0n) is 9.09. The molecule has 1 rings (SSSR count). The molecule has 1 aromatic rings. The lowest BCUT2D eigenvalue weighted by molar-refractivity contribution is -0.141. The smallest absolute Gasteiger partial charge is 0.368 e. The number of alkyl halides is 3. The van der Waals surface area contributed by atoms with E-state index in [0.717, 1.165) is 6.20 Å². The normalized spacial score (nSPS) is 11.5. The molecule has 9 heteroatoms. The van der Waals surface area contributed by atoms with E-state index in [9.17, 15) is 13.2 Å². The number of azide groups is 1. The van der Waals surface area contributed by atoms with Gasteiger partial charge in [0, 0.05) is 23.2 Å². The van der Waals surface area contributed by atoms with Gasteiger partial charge in [-0.2, -0.15) is 13.2 Å². The molecule has 0 atom stereocenters. The molecule has 2 N–H and O–H groups in total. The summed E-state index contributed by atoms with van der Waals surface area (Å²) < 4.78 is 37.8. The van der Waals surface area contributed by atoms with Crippen LogP contribution in [0.2, 0.25) is 0 Å². The summed E-state index contributed by atoms with van der Waals surface area (Å²) in [6.07, 6.45) is -0.615. The number of nitrogens with two attached hydrogens (primary N) is 1. The van der Waals surface area contributed by atoms with Crippen molar-refractivity contribution < 1.29 is 13.2 Å². The average Bonchev–Trinajstić information content (AvgIpc) is 2.29. The minimum Gasteiger partial charge on any atom is -0.368 e. The van der Waals surface area contributed by atoms with Crippen LogP contribution in [-0.2, 0) is 6.18 Å². The van der Waals surface area contributed by atoms with Gasteiger partial charge >= 0.3 is 6.18 Å². The third-order valence-corrected chi connectivity index (χ3v) is 1.86. The van der Waals surface area contributed by atoms with Crippen molar-refractivity contribution >= 4 is 12.0 Å². The van der Waals surface area contributed by atoms with Gasteiger partial charge in [0.05, 0.1) is 0 Å². The fraction of sp³-hybridized carbons (Fsp3) is 0.333. The second-order valence-electron chi connectivity index (χ2n) is 3.18. The minimum atomic E-state index is -4.60. The first-order chi connectivity index (χ1) is 8.45. The van der Waals surface area contributed by atoms with Crippen molar-refractivity contribution in [3.05, 3.63) is 34.0 Å². The maximum atomic E-state index is 12.6. The van der Waals surface area contributed by atoms with Crippen LogP contribution in [0.15, 0.2) is 17.4 Å². The molecule has 0 radical (unpaired) electrons. The summed E-state index contributed by atoms with van der Waals surface area (Å²) in [5.74, 6) is -0.437. The van der Waals surface area contributed by atoms with Crippen molar-refractivity contribution in [2.24, 2.45) is 5.11 Å². The lowest BCUT2D eigenvalue weighted by Gasteiger charge is -2.08. The molecule has 0 bridgehead atoms. The zero-order valence-corrected chi connectivity index (χ0v) is 9.09. The molecule has 0 aliphatic carbocycles. The first-order valence-corrected chi connectivity index (χ1v) is 4.82. The summed E-state index contributed by atoms with van der Waals surface area (Å²) >= 11 is 0. The molecule has 1 heterocycles. The number of hydrogen-bond donors (Lipinski definition) is 1. The zero-order chi connectivity index (χ0) is 13.6. The van der Waals surface area contributed by atoms with Gasteiger partial charge in [0.2, 0.25) is 5.95 Å². The highest BCUT2D eigenvalue weighted by Gasteiger charge is 2.35. The number of hydrogen-bond acceptors (Lipinski definition) is 4. The van der Waals surface area contributed by atoms with Crippen molar-refractivity contribution in [1.29, 1.82) is 0 Å². The SMILES string of the molecule is [N-]=[N+]=NCCC=Cc1cnc(N)nc1C(F)(F)F. The van der Waals surface area contributed by atoms with Gasteiger partial charge in [0.25, 0.3) is 0 Å². The molecule has 0 unspecified atom stereocenters. The Hall–Kier alpha value is -2.28. The Morgan fingerprint density at radius 1 is 1.50 bits per heavy atom. The van der Waals surface area contributed by atoms with Crippen LogP contribution >= 0.6 is 0 Å². The maximum Gasteiger partial charge on any atom is 0.434 e. The van der Waals surface area contributed by atoms with Crippen molar-refractivity contribution in [3.8, 4) is 0 Å². The van der Waals surface area contributed by atoms with Crippen LogP contribution in [0.25, 0.3) is 16.5 Å². The van der Waals surface area contributed by atoms with Crippen LogP contribution in [0, 0.1) is 0 Å². The fourth-order valence-corrected chi connectivity index (χ4v) is 1.14. The Balaban J connectivity index is 2.91. The topological polar surface area (TPSA) is 101 Å². The van der Waals surface area contributed by atoms with E-state index in [0.29, 0.717) is 6.42 Å². The molecule has 96 valence electrons. The van der Waals surface area contributed by atoms with Crippen LogP contribution in [-0.4, -0.2) is 16.5 Å². The number of halogens is 3. The second kappa shape index (κ2) is 5.87. The third kappa shape index (κ3) is 3.95. The molecular weight excluding hydrogens is 249 g/mol. The average molecular weight is 258 g/mol. The molecule has 0 spiro atoms. The molecule has 0 saturated carbocycles. The third-order valence-electron chi connectivity index (χ3n) is 1.86. The summed E-state index contributed by atoms with van der Waals surface area (Å²) in [6, 6.07) is 0. The van der Waals surface area contributed by atoms with Gasteiger partial charge in [0.15, 0.2) is 5.69 Å². The Bertz CT molecular complexity index is 490. The molecule has 0 fully saturated rings. The largest absolute Gasteiger partial charge is 0.434 e. The van der Waals surface area contributed by atoms with E-state index in [-0.39, 0.29) is 12.1 Å². The van der Waals surface area contributed by atoms with Crippen molar-refractivity contribution in [2.75, 3.05) is 12.3 Å². The van der Waals surface area contributed by atoms with E-state index in [1.165, 1.54) is 12.2 Å². The summed E-state index contributed by atoms with van der Waals surface area (Å²) in [7, 11) is 0. The van der Waals surface area contributed by atoms with Gasteiger partial charge in [-0.05, 0) is 12.0 Å². The Labute approximate surface area is 100.0 Å². The molecular formula is C9H9F3N6. The molecule has 18 heavy (non-hydrogen) atoms.